The van der Waals surface area contributed by atoms with E-state index in [0.717, 1.165) is 36.2 Å². The molecule has 200 valence electrons. The van der Waals surface area contributed by atoms with Gasteiger partial charge in [-0.2, -0.15) is 8.78 Å². The van der Waals surface area contributed by atoms with Crippen LogP contribution >= 0.6 is 0 Å². The molecule has 0 unspecified atom stereocenters. The third-order valence-corrected chi connectivity index (χ3v) is 6.53. The van der Waals surface area contributed by atoms with Crippen LogP contribution in [0.15, 0.2) is 17.3 Å². The summed E-state index contributed by atoms with van der Waals surface area (Å²) in [6.45, 7) is 5.47. The van der Waals surface area contributed by atoms with Crippen molar-refractivity contribution < 1.29 is 23.0 Å². The van der Waals surface area contributed by atoms with Crippen LogP contribution in [-0.2, 0) is 11.2 Å². The van der Waals surface area contributed by atoms with Crippen molar-refractivity contribution in [2.24, 2.45) is 0 Å². The molecule has 4 rings (SSSR count). The lowest BCUT2D eigenvalue weighted by molar-refractivity contribution is -0.0505. The fourth-order valence-electron chi connectivity index (χ4n) is 4.74. The number of hydrogen-bond donors (Lipinski definition) is 3. The van der Waals surface area contributed by atoms with E-state index in [1.54, 1.807) is 29.8 Å². The van der Waals surface area contributed by atoms with Crippen LogP contribution in [0.2, 0.25) is 0 Å². The number of amides is 2. The van der Waals surface area contributed by atoms with Gasteiger partial charge in [-0.15, -0.1) is 0 Å². The van der Waals surface area contributed by atoms with E-state index in [1.165, 1.54) is 0 Å². The molecule has 3 N–H and O–H groups in total. The number of ether oxygens (including phenoxy) is 2. The molecule has 3 aliphatic heterocycles. The number of aromatic nitrogens is 1. The van der Waals surface area contributed by atoms with Gasteiger partial charge in [-0.25, -0.2) is 4.79 Å². The normalized spacial score (nSPS) is 18.3. The number of pyridine rings is 1. The minimum Gasteiger partial charge on any atom is -0.433 e. The Labute approximate surface area is 211 Å². The van der Waals surface area contributed by atoms with Crippen molar-refractivity contribution in [3.63, 3.8) is 0 Å². The monoisotopic (exact) mass is 508 g/mol. The fraction of sp³-hybridized carbons (Fsp3) is 0.640. The van der Waals surface area contributed by atoms with Gasteiger partial charge >= 0.3 is 12.6 Å². The highest BCUT2D eigenvalue weighted by molar-refractivity contribution is 6.09. The van der Waals surface area contributed by atoms with Crippen molar-refractivity contribution in [1.82, 2.24) is 20.5 Å². The zero-order valence-electron chi connectivity index (χ0n) is 21.6. The van der Waals surface area contributed by atoms with Gasteiger partial charge < -0.3 is 29.9 Å². The lowest BCUT2D eigenvalue weighted by Gasteiger charge is -2.38. The second kappa shape index (κ2) is 12.8. The maximum Gasteiger partial charge on any atom is 0.387 e. The molecule has 1 saturated heterocycles. The van der Waals surface area contributed by atoms with Gasteiger partial charge in [-0.3, -0.25) is 10.4 Å². The van der Waals surface area contributed by atoms with Crippen molar-refractivity contribution in [1.29, 1.82) is 5.41 Å². The number of rotatable bonds is 5. The molecule has 1 aromatic heterocycles. The molecule has 4 heterocycles. The number of aryl methyl sites for hydroxylation is 2. The SMILES string of the molecule is CC.CNC(=O)N1CCC(NC2CCOCC2)=C(C(=N)N2CCCc3nc(C)c(OC(F)F)cc32)C1. The lowest BCUT2D eigenvalue weighted by atomic mass is 9.99. The molecule has 11 heteroatoms. The Balaban J connectivity index is 0.00000176. The zero-order valence-corrected chi connectivity index (χ0v) is 21.6. The van der Waals surface area contributed by atoms with Gasteiger partial charge in [-0.1, -0.05) is 13.8 Å². The average Bonchev–Trinajstić information content (AvgIpc) is 2.89. The topological polar surface area (TPSA) is 103 Å². The van der Waals surface area contributed by atoms with E-state index in [0.29, 0.717) is 50.5 Å². The van der Waals surface area contributed by atoms with Gasteiger partial charge in [0.1, 0.15) is 11.6 Å². The highest BCUT2D eigenvalue weighted by Crippen LogP contribution is 2.34. The van der Waals surface area contributed by atoms with Crippen LogP contribution in [0.1, 0.15) is 50.9 Å². The van der Waals surface area contributed by atoms with E-state index < -0.39 is 6.61 Å². The summed E-state index contributed by atoms with van der Waals surface area (Å²) in [5.74, 6) is 0.261. The number of anilines is 1. The Morgan fingerprint density at radius 2 is 1.97 bits per heavy atom. The number of urea groups is 1. The quantitative estimate of drug-likeness (QED) is 0.413. The van der Waals surface area contributed by atoms with Crippen LogP contribution in [0.25, 0.3) is 0 Å². The summed E-state index contributed by atoms with van der Waals surface area (Å²) in [7, 11) is 1.59. The van der Waals surface area contributed by atoms with E-state index in [2.05, 4.69) is 20.4 Å². The van der Waals surface area contributed by atoms with E-state index in [1.807, 2.05) is 13.8 Å². The predicted octanol–water partition coefficient (Wildman–Crippen LogP) is 3.82. The molecule has 1 fully saturated rings. The van der Waals surface area contributed by atoms with E-state index in [-0.39, 0.29) is 30.2 Å². The van der Waals surface area contributed by atoms with Gasteiger partial charge in [0, 0.05) is 63.2 Å². The molecule has 0 saturated carbocycles. The maximum absolute atomic E-state index is 12.9. The average molecular weight is 509 g/mol. The first kappa shape index (κ1) is 27.6. The summed E-state index contributed by atoms with van der Waals surface area (Å²) in [6, 6.07) is 1.62. The third-order valence-electron chi connectivity index (χ3n) is 6.53. The molecule has 0 atom stereocenters. The molecule has 0 bridgehead atoms. The van der Waals surface area contributed by atoms with Crippen LogP contribution in [0.3, 0.4) is 0 Å². The summed E-state index contributed by atoms with van der Waals surface area (Å²) in [5, 5.41) is 15.4. The number of nitrogens with one attached hydrogen (secondary N) is 3. The van der Waals surface area contributed by atoms with Crippen LogP contribution < -0.4 is 20.3 Å². The van der Waals surface area contributed by atoms with Crippen molar-refractivity contribution in [3.8, 4) is 5.75 Å². The highest BCUT2D eigenvalue weighted by atomic mass is 19.3. The molecule has 0 aromatic carbocycles. The second-order valence-corrected chi connectivity index (χ2v) is 8.73. The van der Waals surface area contributed by atoms with Crippen LogP contribution in [0.4, 0.5) is 19.3 Å². The summed E-state index contributed by atoms with van der Waals surface area (Å²) in [4.78, 5) is 20.3. The predicted molar refractivity (Wildman–Crippen MR) is 135 cm³/mol. The van der Waals surface area contributed by atoms with Crippen molar-refractivity contribution in [2.45, 2.75) is 65.5 Å². The molecule has 36 heavy (non-hydrogen) atoms. The Bertz CT molecular complexity index is 965. The van der Waals surface area contributed by atoms with Crippen molar-refractivity contribution >= 4 is 17.6 Å². The molecule has 2 amide bonds. The highest BCUT2D eigenvalue weighted by Gasteiger charge is 2.31. The molecule has 9 nitrogen and oxygen atoms in total. The molecule has 0 radical (unpaired) electrons. The molecule has 0 spiro atoms. The molecular weight excluding hydrogens is 470 g/mol. The van der Waals surface area contributed by atoms with Crippen LogP contribution in [0.5, 0.6) is 5.75 Å². The number of halogens is 2. The Hall–Kier alpha value is -2.95. The van der Waals surface area contributed by atoms with Crippen LogP contribution in [-0.4, -0.2) is 74.3 Å². The van der Waals surface area contributed by atoms with Crippen molar-refractivity contribution in [2.75, 3.05) is 44.8 Å². The molecular formula is C25H38F2N6O3. The number of fused-ring (bicyclic) bond motifs is 1. The fourth-order valence-corrected chi connectivity index (χ4v) is 4.74. The summed E-state index contributed by atoms with van der Waals surface area (Å²) >= 11 is 0. The summed E-state index contributed by atoms with van der Waals surface area (Å²) in [6.07, 6.45) is 3.85. The Morgan fingerprint density at radius 3 is 2.64 bits per heavy atom. The molecule has 0 aliphatic carbocycles. The van der Waals surface area contributed by atoms with E-state index >= 15 is 0 Å². The Kier molecular flexibility index (Phi) is 9.86. The second-order valence-electron chi connectivity index (χ2n) is 8.73. The first-order valence-corrected chi connectivity index (χ1v) is 12.7. The standard InChI is InChI=1S/C23H32F2N6O3.C2H6/c1-14-20(34-22(24)25)12-19-18(28-14)4-3-8-31(19)21(26)16-13-30(23(32)27-2)9-5-17(16)29-15-6-10-33-11-7-15;1-2/h12,15,22,26,29H,3-11,13H2,1-2H3,(H,27,32);1-2H3. The molecule has 1 aromatic rings. The minimum absolute atomic E-state index is 0.0126. The number of carbonyl (C=O) groups is 1. The van der Waals surface area contributed by atoms with E-state index in [9.17, 15) is 13.6 Å². The van der Waals surface area contributed by atoms with E-state index in [4.69, 9.17) is 10.1 Å². The third kappa shape index (κ3) is 6.43. The van der Waals surface area contributed by atoms with Gasteiger partial charge in [0.15, 0.2) is 0 Å². The molecule has 3 aliphatic rings. The largest absolute Gasteiger partial charge is 0.433 e. The summed E-state index contributed by atoms with van der Waals surface area (Å²) in [5.41, 5.74) is 3.44. The van der Waals surface area contributed by atoms with Gasteiger partial charge in [0.2, 0.25) is 0 Å². The van der Waals surface area contributed by atoms with Gasteiger partial charge in [0.05, 0.1) is 23.6 Å². The number of amidine groups is 1. The minimum atomic E-state index is -2.95. The maximum atomic E-state index is 12.9. The number of nitrogens with zero attached hydrogens (tertiary/aromatic N) is 3. The number of carbonyl (C=O) groups excluding carboxylic acids is 1. The zero-order chi connectivity index (χ0) is 26.2. The summed E-state index contributed by atoms with van der Waals surface area (Å²) < 4.78 is 36.0. The number of hydrogen-bond acceptors (Lipinski definition) is 6. The van der Waals surface area contributed by atoms with Crippen LogP contribution in [0, 0.1) is 12.3 Å². The first-order chi connectivity index (χ1) is 17.4. The smallest absolute Gasteiger partial charge is 0.387 e. The Morgan fingerprint density at radius 1 is 1.25 bits per heavy atom. The lowest BCUT2D eigenvalue weighted by Crippen LogP contribution is -2.49. The van der Waals surface area contributed by atoms with Crippen molar-refractivity contribution in [3.05, 3.63) is 28.7 Å². The number of alkyl halides is 2. The van der Waals surface area contributed by atoms with Gasteiger partial charge in [0.25, 0.3) is 0 Å². The first-order valence-electron chi connectivity index (χ1n) is 12.7. The van der Waals surface area contributed by atoms with Gasteiger partial charge in [-0.05, 0) is 32.6 Å².